The predicted octanol–water partition coefficient (Wildman–Crippen LogP) is 3.50. The lowest BCUT2D eigenvalue weighted by Crippen LogP contribution is -2.04. The third-order valence-electron chi connectivity index (χ3n) is 3.21. The zero-order chi connectivity index (χ0) is 14.2. The minimum Gasteiger partial charge on any atom is -0.497 e. The molecule has 0 saturated heterocycles. The van der Waals surface area contributed by atoms with Crippen molar-refractivity contribution < 1.29 is 9.47 Å². The van der Waals surface area contributed by atoms with E-state index >= 15 is 0 Å². The molecule has 0 amide bonds. The van der Waals surface area contributed by atoms with E-state index in [2.05, 4.69) is 29.6 Å². The summed E-state index contributed by atoms with van der Waals surface area (Å²) in [6.45, 7) is 1.51. The van der Waals surface area contributed by atoms with Crippen LogP contribution in [0.5, 0.6) is 5.75 Å². The van der Waals surface area contributed by atoms with Gasteiger partial charge in [0.25, 0.3) is 0 Å². The minimum atomic E-state index is 0.734. The lowest BCUT2D eigenvalue weighted by molar-refractivity contribution is 0.202. The van der Waals surface area contributed by atoms with E-state index in [1.165, 1.54) is 11.1 Å². The number of nitrogens with one attached hydrogen (secondary N) is 1. The highest BCUT2D eigenvalue weighted by molar-refractivity contribution is 5.51. The van der Waals surface area contributed by atoms with E-state index in [-0.39, 0.29) is 0 Å². The zero-order valence-corrected chi connectivity index (χ0v) is 12.1. The Morgan fingerprint density at radius 2 is 1.85 bits per heavy atom. The average molecular weight is 271 g/mol. The summed E-state index contributed by atoms with van der Waals surface area (Å²) in [4.78, 5) is 0. The molecule has 0 aliphatic rings. The SMILES string of the molecule is COCCc1ccccc1NCc1cccc(OC)c1. The van der Waals surface area contributed by atoms with Crippen LogP contribution in [0.4, 0.5) is 5.69 Å². The van der Waals surface area contributed by atoms with Crippen molar-refractivity contribution in [3.8, 4) is 5.75 Å². The molecule has 0 bridgehead atoms. The van der Waals surface area contributed by atoms with Crippen LogP contribution in [0, 0.1) is 0 Å². The molecule has 3 nitrogen and oxygen atoms in total. The molecule has 2 aromatic carbocycles. The Bertz CT molecular complexity index is 540. The second kappa shape index (κ2) is 7.56. The summed E-state index contributed by atoms with van der Waals surface area (Å²) >= 11 is 0. The van der Waals surface area contributed by atoms with Gasteiger partial charge in [0.15, 0.2) is 0 Å². The molecule has 0 atom stereocenters. The van der Waals surface area contributed by atoms with Crippen LogP contribution in [0.3, 0.4) is 0 Å². The molecule has 0 unspecified atom stereocenters. The van der Waals surface area contributed by atoms with Gasteiger partial charge in [-0.25, -0.2) is 0 Å². The maximum absolute atomic E-state index is 5.24. The molecule has 0 aromatic heterocycles. The Kier molecular flexibility index (Phi) is 5.44. The fourth-order valence-electron chi connectivity index (χ4n) is 2.10. The highest BCUT2D eigenvalue weighted by Gasteiger charge is 2.02. The Morgan fingerprint density at radius 3 is 2.65 bits per heavy atom. The lowest BCUT2D eigenvalue weighted by Gasteiger charge is -2.12. The van der Waals surface area contributed by atoms with Crippen LogP contribution in [-0.4, -0.2) is 20.8 Å². The quantitative estimate of drug-likeness (QED) is 0.836. The molecule has 20 heavy (non-hydrogen) atoms. The number of anilines is 1. The van der Waals surface area contributed by atoms with Crippen molar-refractivity contribution in [3.05, 3.63) is 59.7 Å². The molecule has 2 rings (SSSR count). The van der Waals surface area contributed by atoms with Crippen molar-refractivity contribution >= 4 is 5.69 Å². The van der Waals surface area contributed by atoms with Crippen LogP contribution >= 0.6 is 0 Å². The van der Waals surface area contributed by atoms with Crippen molar-refractivity contribution in [1.29, 1.82) is 0 Å². The lowest BCUT2D eigenvalue weighted by atomic mass is 10.1. The Hall–Kier alpha value is -2.00. The molecule has 0 aliphatic heterocycles. The van der Waals surface area contributed by atoms with E-state index < -0.39 is 0 Å². The molecule has 3 heteroatoms. The molecule has 1 N–H and O–H groups in total. The van der Waals surface area contributed by atoms with Gasteiger partial charge in [0, 0.05) is 19.3 Å². The van der Waals surface area contributed by atoms with Gasteiger partial charge in [-0.1, -0.05) is 30.3 Å². The van der Waals surface area contributed by atoms with Gasteiger partial charge >= 0.3 is 0 Å². The summed E-state index contributed by atoms with van der Waals surface area (Å²) in [5, 5.41) is 3.48. The number of benzene rings is 2. The van der Waals surface area contributed by atoms with Gasteiger partial charge in [-0.15, -0.1) is 0 Å². The van der Waals surface area contributed by atoms with Crippen molar-refractivity contribution in [2.75, 3.05) is 26.1 Å². The molecule has 0 aliphatic carbocycles. The number of hydrogen-bond acceptors (Lipinski definition) is 3. The summed E-state index contributed by atoms with van der Waals surface area (Å²) in [7, 11) is 3.42. The normalized spacial score (nSPS) is 10.3. The minimum absolute atomic E-state index is 0.734. The van der Waals surface area contributed by atoms with Crippen molar-refractivity contribution in [3.63, 3.8) is 0 Å². The van der Waals surface area contributed by atoms with Crippen LogP contribution in [0.25, 0.3) is 0 Å². The number of ether oxygens (including phenoxy) is 2. The molecular formula is C17H21NO2. The summed E-state index contributed by atoms with van der Waals surface area (Å²) in [6, 6.07) is 16.4. The van der Waals surface area contributed by atoms with Crippen LogP contribution in [0.2, 0.25) is 0 Å². The molecule has 0 fully saturated rings. The molecule has 2 aromatic rings. The Labute approximate surface area is 120 Å². The Morgan fingerprint density at radius 1 is 1.00 bits per heavy atom. The van der Waals surface area contributed by atoms with Crippen molar-refractivity contribution in [2.24, 2.45) is 0 Å². The highest BCUT2D eigenvalue weighted by atomic mass is 16.5. The standard InChI is InChI=1S/C17H21NO2/c1-19-11-10-15-7-3-4-9-17(15)18-13-14-6-5-8-16(12-14)20-2/h3-9,12,18H,10-11,13H2,1-2H3. The second-order valence-electron chi connectivity index (χ2n) is 4.61. The fourth-order valence-corrected chi connectivity index (χ4v) is 2.10. The van der Waals surface area contributed by atoms with Crippen LogP contribution in [0.15, 0.2) is 48.5 Å². The molecule has 0 heterocycles. The summed E-state index contributed by atoms with van der Waals surface area (Å²) in [5.74, 6) is 0.886. The van der Waals surface area contributed by atoms with E-state index in [0.29, 0.717) is 0 Å². The average Bonchev–Trinajstić information content (AvgIpc) is 2.52. The van der Waals surface area contributed by atoms with Crippen LogP contribution in [0.1, 0.15) is 11.1 Å². The maximum atomic E-state index is 5.24. The molecular weight excluding hydrogens is 250 g/mol. The molecule has 106 valence electrons. The first-order chi connectivity index (χ1) is 9.83. The van der Waals surface area contributed by atoms with Crippen molar-refractivity contribution in [1.82, 2.24) is 0 Å². The van der Waals surface area contributed by atoms with Crippen LogP contribution < -0.4 is 10.1 Å². The predicted molar refractivity (Wildman–Crippen MR) is 82.3 cm³/mol. The first kappa shape index (κ1) is 14.4. The third kappa shape index (κ3) is 4.00. The fraction of sp³-hybridized carbons (Fsp3) is 0.294. The van der Waals surface area contributed by atoms with Gasteiger partial charge in [0.05, 0.1) is 13.7 Å². The first-order valence-electron chi connectivity index (χ1n) is 6.77. The van der Waals surface area contributed by atoms with E-state index in [1.807, 2.05) is 24.3 Å². The van der Waals surface area contributed by atoms with Gasteiger partial charge < -0.3 is 14.8 Å². The smallest absolute Gasteiger partial charge is 0.119 e. The van der Waals surface area contributed by atoms with E-state index in [4.69, 9.17) is 9.47 Å². The maximum Gasteiger partial charge on any atom is 0.119 e. The number of hydrogen-bond donors (Lipinski definition) is 1. The monoisotopic (exact) mass is 271 g/mol. The van der Waals surface area contributed by atoms with E-state index in [1.54, 1.807) is 14.2 Å². The number of rotatable bonds is 7. The Balaban J connectivity index is 2.02. The molecule has 0 saturated carbocycles. The largest absolute Gasteiger partial charge is 0.497 e. The zero-order valence-electron chi connectivity index (χ0n) is 12.1. The summed E-state index contributed by atoms with van der Waals surface area (Å²) in [6.07, 6.45) is 0.914. The van der Waals surface area contributed by atoms with Gasteiger partial charge in [0.1, 0.15) is 5.75 Å². The first-order valence-corrected chi connectivity index (χ1v) is 6.77. The van der Waals surface area contributed by atoms with Crippen molar-refractivity contribution in [2.45, 2.75) is 13.0 Å². The molecule has 0 radical (unpaired) electrons. The van der Waals surface area contributed by atoms with E-state index in [0.717, 1.165) is 31.0 Å². The highest BCUT2D eigenvalue weighted by Crippen LogP contribution is 2.18. The number of methoxy groups -OCH3 is 2. The van der Waals surface area contributed by atoms with Gasteiger partial charge in [0.2, 0.25) is 0 Å². The second-order valence-corrected chi connectivity index (χ2v) is 4.61. The topological polar surface area (TPSA) is 30.5 Å². The van der Waals surface area contributed by atoms with Gasteiger partial charge in [-0.05, 0) is 35.7 Å². The van der Waals surface area contributed by atoms with Gasteiger partial charge in [-0.3, -0.25) is 0 Å². The van der Waals surface area contributed by atoms with Gasteiger partial charge in [-0.2, -0.15) is 0 Å². The summed E-state index contributed by atoms with van der Waals surface area (Å²) in [5.41, 5.74) is 3.63. The van der Waals surface area contributed by atoms with Crippen LogP contribution in [-0.2, 0) is 17.7 Å². The summed E-state index contributed by atoms with van der Waals surface area (Å²) < 4.78 is 10.4. The van der Waals surface area contributed by atoms with E-state index in [9.17, 15) is 0 Å². The third-order valence-corrected chi connectivity index (χ3v) is 3.21. The number of para-hydroxylation sites is 1. The molecule has 0 spiro atoms.